The lowest BCUT2D eigenvalue weighted by atomic mass is 9.88. The number of rotatable bonds is 3. The molecular formula is C21H15ClF2N2O5. The van der Waals surface area contributed by atoms with Crippen molar-refractivity contribution in [2.75, 3.05) is 5.88 Å². The van der Waals surface area contributed by atoms with Gasteiger partial charge in [0, 0.05) is 23.0 Å². The Kier molecular flexibility index (Phi) is 4.33. The number of carboxylic acids is 1. The maximum atomic E-state index is 13.5. The molecule has 1 aromatic heterocycles. The number of nitrogens with zero attached hydrogens (tertiary/aromatic N) is 1. The third-order valence-corrected chi connectivity index (χ3v) is 5.79. The zero-order valence-electron chi connectivity index (χ0n) is 15.8. The molecule has 0 saturated heterocycles. The van der Waals surface area contributed by atoms with Gasteiger partial charge in [-0.05, 0) is 29.3 Å². The largest absolute Gasteiger partial charge is 0.586 e. The molecule has 0 saturated carbocycles. The molecule has 3 heterocycles. The van der Waals surface area contributed by atoms with Crippen LogP contribution in [0.4, 0.5) is 8.78 Å². The number of hydrogen-bond acceptors (Lipinski definition) is 4. The number of H-pyrrole nitrogens is 1. The number of para-hydroxylation sites is 1. The first-order chi connectivity index (χ1) is 14.8. The van der Waals surface area contributed by atoms with Crippen molar-refractivity contribution < 1.29 is 33.0 Å². The van der Waals surface area contributed by atoms with Crippen LogP contribution >= 0.6 is 11.6 Å². The number of fused-ring (bicyclic) bond motifs is 4. The molecular weight excluding hydrogens is 434 g/mol. The van der Waals surface area contributed by atoms with Crippen molar-refractivity contribution in [2.45, 2.75) is 24.8 Å². The first kappa shape index (κ1) is 19.6. The Hall–Kier alpha value is -3.33. The lowest BCUT2D eigenvalue weighted by Crippen LogP contribution is -2.52. The van der Waals surface area contributed by atoms with E-state index in [-0.39, 0.29) is 17.9 Å². The molecule has 31 heavy (non-hydrogen) atoms. The molecule has 2 unspecified atom stereocenters. The van der Waals surface area contributed by atoms with Crippen molar-refractivity contribution in [3.05, 3.63) is 59.3 Å². The number of carbonyl (C=O) groups is 2. The maximum Gasteiger partial charge on any atom is 0.586 e. The van der Waals surface area contributed by atoms with Gasteiger partial charge < -0.3 is 24.5 Å². The fourth-order valence-electron chi connectivity index (χ4n) is 4.34. The molecule has 0 fully saturated rings. The third-order valence-electron chi connectivity index (χ3n) is 5.56. The quantitative estimate of drug-likeness (QED) is 0.597. The Balaban J connectivity index is 1.73. The van der Waals surface area contributed by atoms with Gasteiger partial charge >= 0.3 is 12.3 Å². The molecule has 2 atom stereocenters. The molecule has 5 rings (SSSR count). The monoisotopic (exact) mass is 448 g/mol. The van der Waals surface area contributed by atoms with Crippen molar-refractivity contribution in [2.24, 2.45) is 0 Å². The molecule has 10 heteroatoms. The second-order valence-corrected chi connectivity index (χ2v) is 7.60. The summed E-state index contributed by atoms with van der Waals surface area (Å²) in [6, 6.07) is 9.42. The molecule has 0 radical (unpaired) electrons. The lowest BCUT2D eigenvalue weighted by molar-refractivity contribution is -0.286. The third kappa shape index (κ3) is 3.07. The highest BCUT2D eigenvalue weighted by Crippen LogP contribution is 2.46. The van der Waals surface area contributed by atoms with Gasteiger partial charge in [-0.1, -0.05) is 24.3 Å². The van der Waals surface area contributed by atoms with E-state index in [9.17, 15) is 23.5 Å². The summed E-state index contributed by atoms with van der Waals surface area (Å²) in [6.07, 6.45) is -3.72. The van der Waals surface area contributed by atoms with Crippen LogP contribution in [0.3, 0.4) is 0 Å². The summed E-state index contributed by atoms with van der Waals surface area (Å²) in [5, 5.41) is 10.7. The number of amides is 1. The predicted molar refractivity (Wildman–Crippen MR) is 105 cm³/mol. The molecule has 1 amide bonds. The van der Waals surface area contributed by atoms with Crippen LogP contribution in [-0.4, -0.2) is 45.1 Å². The highest BCUT2D eigenvalue weighted by molar-refractivity contribution is 6.27. The highest BCUT2D eigenvalue weighted by atomic mass is 35.5. The summed E-state index contributed by atoms with van der Waals surface area (Å²) in [5.41, 5.74) is 2.50. The number of hydrogen-bond donors (Lipinski definition) is 2. The van der Waals surface area contributed by atoms with Gasteiger partial charge in [0.25, 0.3) is 0 Å². The predicted octanol–water partition coefficient (Wildman–Crippen LogP) is 3.66. The van der Waals surface area contributed by atoms with E-state index in [1.165, 1.54) is 23.1 Å². The molecule has 160 valence electrons. The Bertz CT molecular complexity index is 1230. The normalized spacial score (nSPS) is 21.2. The van der Waals surface area contributed by atoms with Crippen molar-refractivity contribution >= 4 is 34.4 Å². The van der Waals surface area contributed by atoms with E-state index in [0.717, 1.165) is 16.5 Å². The standard InChI is InChI=1S/C21H15ClF2N2O5/c22-9-17(27)26-14(20(28)29)8-12-11-3-1-2-4-13(11)25-18(12)19(26)10-5-6-15-16(7-10)31-21(23,24)30-15/h1-7,14,19,25H,8-9H2,(H,28,29). The Labute approximate surface area is 179 Å². The minimum Gasteiger partial charge on any atom is -0.480 e. The van der Waals surface area contributed by atoms with E-state index in [4.69, 9.17) is 11.6 Å². The fourth-order valence-corrected chi connectivity index (χ4v) is 4.48. The number of benzene rings is 2. The Morgan fingerprint density at radius 2 is 1.94 bits per heavy atom. The van der Waals surface area contributed by atoms with Gasteiger partial charge in [-0.25, -0.2) is 4.79 Å². The zero-order valence-corrected chi connectivity index (χ0v) is 16.5. The highest BCUT2D eigenvalue weighted by Gasteiger charge is 2.46. The molecule has 2 aliphatic rings. The lowest BCUT2D eigenvalue weighted by Gasteiger charge is -2.40. The number of ether oxygens (including phenoxy) is 2. The van der Waals surface area contributed by atoms with Gasteiger partial charge in [0.2, 0.25) is 5.91 Å². The van der Waals surface area contributed by atoms with Crippen LogP contribution in [0.5, 0.6) is 11.5 Å². The summed E-state index contributed by atoms with van der Waals surface area (Å²) in [7, 11) is 0. The summed E-state index contributed by atoms with van der Waals surface area (Å²) in [5.74, 6) is -2.56. The van der Waals surface area contributed by atoms with E-state index in [1.807, 2.05) is 24.3 Å². The molecule has 0 bridgehead atoms. The second-order valence-electron chi connectivity index (χ2n) is 7.33. The molecule has 7 nitrogen and oxygen atoms in total. The topological polar surface area (TPSA) is 91.9 Å². The molecule has 2 aromatic carbocycles. The fraction of sp³-hybridized carbons (Fsp3) is 0.238. The average molecular weight is 449 g/mol. The van der Waals surface area contributed by atoms with Crippen LogP contribution in [-0.2, 0) is 16.0 Å². The zero-order chi connectivity index (χ0) is 21.9. The van der Waals surface area contributed by atoms with E-state index in [0.29, 0.717) is 11.3 Å². The van der Waals surface area contributed by atoms with E-state index < -0.39 is 36.1 Å². The van der Waals surface area contributed by atoms with Crippen LogP contribution in [0.25, 0.3) is 10.9 Å². The van der Waals surface area contributed by atoms with Gasteiger partial charge in [-0.15, -0.1) is 20.4 Å². The molecule has 0 aliphatic carbocycles. The summed E-state index contributed by atoms with van der Waals surface area (Å²) in [6.45, 7) is 0. The van der Waals surface area contributed by atoms with Gasteiger partial charge in [0.15, 0.2) is 11.5 Å². The van der Waals surface area contributed by atoms with Crippen molar-refractivity contribution in [1.29, 1.82) is 0 Å². The van der Waals surface area contributed by atoms with E-state index in [1.54, 1.807) is 0 Å². The average Bonchev–Trinajstić information content (AvgIpc) is 3.26. The second kappa shape index (κ2) is 6.84. The van der Waals surface area contributed by atoms with Crippen molar-refractivity contribution in [3.63, 3.8) is 0 Å². The van der Waals surface area contributed by atoms with Gasteiger partial charge in [-0.2, -0.15) is 0 Å². The van der Waals surface area contributed by atoms with Crippen LogP contribution in [0.1, 0.15) is 22.9 Å². The number of alkyl halides is 3. The van der Waals surface area contributed by atoms with Crippen LogP contribution < -0.4 is 9.47 Å². The van der Waals surface area contributed by atoms with Crippen LogP contribution in [0.15, 0.2) is 42.5 Å². The van der Waals surface area contributed by atoms with E-state index >= 15 is 0 Å². The minimum atomic E-state index is -3.80. The number of halogens is 3. The SMILES string of the molecule is O=C(O)C1Cc2c([nH]c3ccccc23)C(c2ccc3c(c2)OC(F)(F)O3)N1C(=O)CCl. The Morgan fingerprint density at radius 1 is 1.19 bits per heavy atom. The first-order valence-electron chi connectivity index (χ1n) is 9.38. The molecule has 3 aromatic rings. The molecule has 0 spiro atoms. The van der Waals surface area contributed by atoms with Gasteiger partial charge in [0.1, 0.15) is 11.9 Å². The number of carbonyl (C=O) groups excluding carboxylic acids is 1. The number of nitrogens with one attached hydrogen (secondary N) is 1. The summed E-state index contributed by atoms with van der Waals surface area (Å²) < 4.78 is 36.0. The first-order valence-corrected chi connectivity index (χ1v) is 9.91. The van der Waals surface area contributed by atoms with Crippen molar-refractivity contribution in [1.82, 2.24) is 9.88 Å². The summed E-state index contributed by atoms with van der Waals surface area (Å²) >= 11 is 5.81. The minimum absolute atomic E-state index is 0.0798. The molecule has 2 aliphatic heterocycles. The van der Waals surface area contributed by atoms with Gasteiger partial charge in [0.05, 0.1) is 6.04 Å². The number of aromatic nitrogens is 1. The van der Waals surface area contributed by atoms with Gasteiger partial charge in [-0.3, -0.25) is 4.79 Å². The van der Waals surface area contributed by atoms with Crippen LogP contribution in [0.2, 0.25) is 0 Å². The Morgan fingerprint density at radius 3 is 2.68 bits per heavy atom. The smallest absolute Gasteiger partial charge is 0.480 e. The number of aromatic amines is 1. The maximum absolute atomic E-state index is 13.5. The molecule has 2 N–H and O–H groups in total. The van der Waals surface area contributed by atoms with E-state index in [2.05, 4.69) is 14.5 Å². The van der Waals surface area contributed by atoms with Crippen LogP contribution in [0, 0.1) is 0 Å². The summed E-state index contributed by atoms with van der Waals surface area (Å²) in [4.78, 5) is 29.3. The van der Waals surface area contributed by atoms with Crippen molar-refractivity contribution in [3.8, 4) is 11.5 Å². The number of carboxylic acid groups (broad SMARTS) is 1. The number of aliphatic carboxylic acids is 1.